The fourth-order valence-electron chi connectivity index (χ4n) is 2.78. The molecule has 0 aliphatic rings. The van der Waals surface area contributed by atoms with Crippen LogP contribution in [-0.4, -0.2) is 34.5 Å². The number of carbonyl (C=O) groups excluding carboxylic acids is 1. The number of likely N-dealkylation sites (N-methyl/N-ethyl adjacent to an activating group) is 1. The van der Waals surface area contributed by atoms with E-state index in [-0.39, 0.29) is 18.4 Å². The molecule has 1 unspecified atom stereocenters. The Morgan fingerprint density at radius 2 is 1.93 bits per heavy atom. The predicted octanol–water partition coefficient (Wildman–Crippen LogP) is 1.30. The van der Waals surface area contributed by atoms with Gasteiger partial charge in [-0.1, -0.05) is 24.3 Å². The number of nitrogens with one attached hydrogen (secondary N) is 3. The summed E-state index contributed by atoms with van der Waals surface area (Å²) in [7, 11) is 1.83. The van der Waals surface area contributed by atoms with Crippen LogP contribution in [0.15, 0.2) is 48.5 Å². The number of aromatic nitrogens is 3. The van der Waals surface area contributed by atoms with Gasteiger partial charge in [-0.05, 0) is 36.8 Å². The van der Waals surface area contributed by atoms with Crippen molar-refractivity contribution in [3.8, 4) is 0 Å². The SMILES string of the molecule is Cc1ccccc1Nc1nc(N)nc(C[NH+](C)CC(=O)Nc2cccc(F)c2)n1. The predicted molar refractivity (Wildman–Crippen MR) is 109 cm³/mol. The van der Waals surface area contributed by atoms with E-state index in [1.54, 1.807) is 6.07 Å². The van der Waals surface area contributed by atoms with Crippen molar-refractivity contribution in [2.45, 2.75) is 13.5 Å². The van der Waals surface area contributed by atoms with Gasteiger partial charge in [0.05, 0.1) is 7.05 Å². The Balaban J connectivity index is 1.62. The Kier molecular flexibility index (Phi) is 6.30. The van der Waals surface area contributed by atoms with Crippen molar-refractivity contribution in [2.24, 2.45) is 0 Å². The number of carbonyl (C=O) groups is 1. The molecule has 0 aliphatic heterocycles. The van der Waals surface area contributed by atoms with E-state index in [4.69, 9.17) is 5.73 Å². The highest BCUT2D eigenvalue weighted by Gasteiger charge is 2.14. The van der Waals surface area contributed by atoms with E-state index in [1.807, 2.05) is 38.2 Å². The molecule has 1 heterocycles. The van der Waals surface area contributed by atoms with Gasteiger partial charge < -0.3 is 21.3 Å². The molecule has 9 heteroatoms. The number of amides is 1. The zero-order chi connectivity index (χ0) is 20.8. The summed E-state index contributed by atoms with van der Waals surface area (Å²) in [6.45, 7) is 2.50. The largest absolute Gasteiger partial charge is 0.368 e. The molecular formula is C20H23FN7O+. The molecule has 8 nitrogen and oxygen atoms in total. The minimum atomic E-state index is -0.405. The number of nitrogens with zero attached hydrogens (tertiary/aromatic N) is 3. The van der Waals surface area contributed by atoms with E-state index in [9.17, 15) is 9.18 Å². The van der Waals surface area contributed by atoms with Crippen LogP contribution >= 0.6 is 0 Å². The Labute approximate surface area is 168 Å². The number of quaternary nitrogens is 1. The molecule has 1 atom stereocenters. The second-order valence-corrected chi connectivity index (χ2v) is 6.74. The van der Waals surface area contributed by atoms with Gasteiger partial charge in [0.15, 0.2) is 12.4 Å². The number of anilines is 4. The number of rotatable bonds is 7. The molecule has 0 fully saturated rings. The zero-order valence-electron chi connectivity index (χ0n) is 16.2. The Hall–Kier alpha value is -3.59. The number of halogens is 1. The molecule has 1 amide bonds. The van der Waals surface area contributed by atoms with Crippen molar-refractivity contribution in [3.63, 3.8) is 0 Å². The van der Waals surface area contributed by atoms with Crippen LogP contribution in [0.25, 0.3) is 0 Å². The van der Waals surface area contributed by atoms with Crippen molar-refractivity contribution in [3.05, 3.63) is 65.7 Å². The third-order valence-electron chi connectivity index (χ3n) is 4.12. The molecule has 0 saturated heterocycles. The first-order chi connectivity index (χ1) is 13.9. The minimum absolute atomic E-state index is 0.100. The van der Waals surface area contributed by atoms with Gasteiger partial charge in [0, 0.05) is 11.4 Å². The van der Waals surface area contributed by atoms with Crippen molar-refractivity contribution in [2.75, 3.05) is 30.0 Å². The van der Waals surface area contributed by atoms with Gasteiger partial charge in [0.2, 0.25) is 11.9 Å². The molecule has 2 aromatic carbocycles. The quantitative estimate of drug-likeness (QED) is 0.479. The van der Waals surface area contributed by atoms with Crippen LogP contribution < -0.4 is 21.3 Å². The van der Waals surface area contributed by atoms with Crippen LogP contribution in [0.4, 0.5) is 27.7 Å². The molecule has 0 radical (unpaired) electrons. The standard InChI is InChI=1S/C20H22FN7O/c1-13-6-3-4-9-16(13)24-20-26-17(25-19(22)27-20)11-28(2)12-18(29)23-15-8-5-7-14(21)10-15/h3-10H,11-12H2,1-2H3,(H,23,29)(H3,22,24,25,26,27)/p+1. The monoisotopic (exact) mass is 396 g/mol. The van der Waals surface area contributed by atoms with Crippen LogP contribution in [0.1, 0.15) is 11.4 Å². The molecule has 0 bridgehead atoms. The lowest BCUT2D eigenvalue weighted by molar-refractivity contribution is -0.885. The Morgan fingerprint density at radius 1 is 1.14 bits per heavy atom. The fourth-order valence-corrected chi connectivity index (χ4v) is 2.78. The maximum Gasteiger partial charge on any atom is 0.279 e. The lowest BCUT2D eigenvalue weighted by atomic mass is 10.2. The van der Waals surface area contributed by atoms with E-state index >= 15 is 0 Å². The summed E-state index contributed by atoms with van der Waals surface area (Å²) in [5.74, 6) is 0.262. The minimum Gasteiger partial charge on any atom is -0.368 e. The number of aryl methyl sites for hydroxylation is 1. The third kappa shape index (κ3) is 5.94. The summed E-state index contributed by atoms with van der Waals surface area (Å²) < 4.78 is 13.2. The number of benzene rings is 2. The molecule has 150 valence electrons. The van der Waals surface area contributed by atoms with Crippen molar-refractivity contribution in [1.82, 2.24) is 15.0 Å². The summed E-state index contributed by atoms with van der Waals surface area (Å²) in [4.78, 5) is 25.7. The first-order valence-electron chi connectivity index (χ1n) is 9.09. The molecule has 1 aromatic heterocycles. The van der Waals surface area contributed by atoms with Crippen molar-refractivity contribution >= 4 is 29.2 Å². The van der Waals surface area contributed by atoms with Gasteiger partial charge >= 0.3 is 0 Å². The summed E-state index contributed by atoms with van der Waals surface area (Å²) in [5.41, 5.74) is 8.15. The molecule has 0 spiro atoms. The van der Waals surface area contributed by atoms with Gasteiger partial charge in [-0.2, -0.15) is 15.0 Å². The van der Waals surface area contributed by atoms with E-state index in [0.717, 1.165) is 16.2 Å². The van der Waals surface area contributed by atoms with Crippen LogP contribution in [0.5, 0.6) is 0 Å². The van der Waals surface area contributed by atoms with Crippen LogP contribution in [0, 0.1) is 12.7 Å². The molecule has 0 aliphatic carbocycles. The third-order valence-corrected chi connectivity index (χ3v) is 4.12. The van der Waals surface area contributed by atoms with Crippen LogP contribution in [0.3, 0.4) is 0 Å². The average molecular weight is 396 g/mol. The van der Waals surface area contributed by atoms with E-state index < -0.39 is 5.82 Å². The number of nitrogen functional groups attached to an aromatic ring is 1. The smallest absolute Gasteiger partial charge is 0.279 e. The lowest BCUT2D eigenvalue weighted by Crippen LogP contribution is -3.08. The second kappa shape index (κ2) is 9.07. The first kappa shape index (κ1) is 20.2. The van der Waals surface area contributed by atoms with Gasteiger partial charge in [-0.25, -0.2) is 4.39 Å². The Morgan fingerprint density at radius 3 is 2.69 bits per heavy atom. The molecule has 3 aromatic rings. The fraction of sp³-hybridized carbons (Fsp3) is 0.200. The second-order valence-electron chi connectivity index (χ2n) is 6.74. The van der Waals surface area contributed by atoms with Gasteiger partial charge in [0.25, 0.3) is 5.91 Å². The van der Waals surface area contributed by atoms with E-state index in [2.05, 4.69) is 25.6 Å². The normalized spacial score (nSPS) is 11.7. The molecule has 5 N–H and O–H groups in total. The number of nitrogens with two attached hydrogens (primary N) is 1. The summed E-state index contributed by atoms with van der Waals surface area (Å²) in [6.07, 6.45) is 0. The summed E-state index contributed by atoms with van der Waals surface area (Å²) in [5, 5.41) is 5.81. The van der Waals surface area contributed by atoms with Crippen LogP contribution in [-0.2, 0) is 11.3 Å². The highest BCUT2D eigenvalue weighted by atomic mass is 19.1. The molecule has 3 rings (SSSR count). The molecule has 29 heavy (non-hydrogen) atoms. The highest BCUT2D eigenvalue weighted by Crippen LogP contribution is 2.17. The van der Waals surface area contributed by atoms with E-state index in [0.29, 0.717) is 24.0 Å². The first-order valence-corrected chi connectivity index (χ1v) is 9.09. The van der Waals surface area contributed by atoms with Gasteiger partial charge in [-0.3, -0.25) is 4.79 Å². The van der Waals surface area contributed by atoms with Crippen molar-refractivity contribution in [1.29, 1.82) is 0 Å². The Bertz CT molecular complexity index is 1010. The van der Waals surface area contributed by atoms with Gasteiger partial charge in [-0.15, -0.1) is 0 Å². The zero-order valence-corrected chi connectivity index (χ0v) is 16.2. The number of hydrogen-bond acceptors (Lipinski definition) is 6. The lowest BCUT2D eigenvalue weighted by Gasteiger charge is -2.14. The number of hydrogen-bond donors (Lipinski definition) is 4. The number of para-hydroxylation sites is 1. The van der Waals surface area contributed by atoms with Crippen LogP contribution in [0.2, 0.25) is 0 Å². The maximum atomic E-state index is 13.2. The molecule has 0 saturated carbocycles. The van der Waals surface area contributed by atoms with Gasteiger partial charge in [0.1, 0.15) is 12.4 Å². The highest BCUT2D eigenvalue weighted by molar-refractivity contribution is 5.91. The van der Waals surface area contributed by atoms with E-state index in [1.165, 1.54) is 18.2 Å². The topological polar surface area (TPSA) is 110 Å². The average Bonchev–Trinajstić information content (AvgIpc) is 2.63. The maximum absolute atomic E-state index is 13.2. The summed E-state index contributed by atoms with van der Waals surface area (Å²) in [6, 6.07) is 13.5. The molecular weight excluding hydrogens is 373 g/mol. The summed E-state index contributed by atoms with van der Waals surface area (Å²) >= 11 is 0. The van der Waals surface area contributed by atoms with Crippen molar-refractivity contribution < 1.29 is 14.1 Å².